The summed E-state index contributed by atoms with van der Waals surface area (Å²) in [5, 5.41) is 34.5. The van der Waals surface area contributed by atoms with E-state index in [2.05, 4.69) is 5.32 Å². The molecule has 2 atom stereocenters. The summed E-state index contributed by atoms with van der Waals surface area (Å²) in [5.74, 6) is 0.503. The van der Waals surface area contributed by atoms with Crippen LogP contribution in [0.1, 0.15) is 36.2 Å². The summed E-state index contributed by atoms with van der Waals surface area (Å²) in [5.41, 5.74) is 1.65. The lowest BCUT2D eigenvalue weighted by atomic mass is 10.1. The van der Waals surface area contributed by atoms with Gasteiger partial charge in [-0.2, -0.15) is 0 Å². The van der Waals surface area contributed by atoms with Gasteiger partial charge in [0.2, 0.25) is 0 Å². The van der Waals surface area contributed by atoms with Gasteiger partial charge in [-0.1, -0.05) is 83.9 Å². The van der Waals surface area contributed by atoms with Crippen molar-refractivity contribution in [3.05, 3.63) is 138 Å². The van der Waals surface area contributed by atoms with E-state index in [9.17, 15) is 25.0 Å². The molecule has 4 rings (SSSR count). The number of halogens is 3. The summed E-state index contributed by atoms with van der Waals surface area (Å²) in [7, 11) is 3.33. The molecule has 4 aromatic carbocycles. The molecule has 0 spiro atoms. The Balaban J connectivity index is 0.000000329. The SMILES string of the molecule is CN(CCC(Oc1cc([N+](=O)[O-])ccc1Cl)c1ccccc1)C(=O)O.CNCCC(Oc1cc([N+](=O)[O-])ccc1Cl)c1ccccc1.Cl. The van der Waals surface area contributed by atoms with E-state index in [4.69, 9.17) is 37.8 Å². The zero-order valence-electron chi connectivity index (χ0n) is 26.0. The molecule has 0 aliphatic rings. The molecule has 2 N–H and O–H groups in total. The Labute approximate surface area is 293 Å². The quantitative estimate of drug-likeness (QED) is 0.0959. The van der Waals surface area contributed by atoms with Crippen LogP contribution in [0.25, 0.3) is 0 Å². The molecule has 0 aromatic heterocycles. The third-order valence-corrected chi connectivity index (χ3v) is 7.47. The number of hydrogen-bond donors (Lipinski definition) is 2. The normalized spacial score (nSPS) is 11.5. The molecular formula is C33H35Cl3N4O8. The number of carboxylic acid groups (broad SMARTS) is 1. The van der Waals surface area contributed by atoms with Crippen LogP contribution in [0.15, 0.2) is 97.1 Å². The fourth-order valence-corrected chi connectivity index (χ4v) is 4.63. The highest BCUT2D eigenvalue weighted by Gasteiger charge is 2.20. The molecule has 0 aliphatic heterocycles. The summed E-state index contributed by atoms with van der Waals surface area (Å²) in [4.78, 5) is 33.0. The maximum absolute atomic E-state index is 11.0. The highest BCUT2D eigenvalue weighted by molar-refractivity contribution is 6.32. The number of hydrogen-bond acceptors (Lipinski definition) is 8. The largest absolute Gasteiger partial charge is 0.484 e. The van der Waals surface area contributed by atoms with Crippen molar-refractivity contribution in [2.24, 2.45) is 0 Å². The first-order chi connectivity index (χ1) is 22.5. The zero-order valence-corrected chi connectivity index (χ0v) is 28.4. The molecule has 15 heteroatoms. The van der Waals surface area contributed by atoms with E-state index in [0.717, 1.165) is 29.0 Å². The Kier molecular flexibility index (Phi) is 16.4. The van der Waals surface area contributed by atoms with E-state index in [1.807, 2.05) is 67.7 Å². The number of rotatable bonds is 14. The molecule has 0 fully saturated rings. The maximum atomic E-state index is 11.0. The van der Waals surface area contributed by atoms with Gasteiger partial charge in [0.15, 0.2) is 0 Å². The van der Waals surface area contributed by atoms with Crippen LogP contribution in [-0.2, 0) is 0 Å². The molecule has 12 nitrogen and oxygen atoms in total. The van der Waals surface area contributed by atoms with Crippen molar-refractivity contribution < 1.29 is 29.2 Å². The first kappa shape index (κ1) is 39.6. The van der Waals surface area contributed by atoms with Crippen molar-refractivity contribution in [1.29, 1.82) is 0 Å². The molecule has 0 heterocycles. The van der Waals surface area contributed by atoms with Gasteiger partial charge in [-0.25, -0.2) is 4.79 Å². The first-order valence-electron chi connectivity index (χ1n) is 14.4. The second-order valence-electron chi connectivity index (χ2n) is 10.2. The second-order valence-corrected chi connectivity index (χ2v) is 11.0. The second kappa shape index (κ2) is 19.9. The Morgan fingerprint density at radius 1 is 0.792 bits per heavy atom. The fourth-order valence-electron chi connectivity index (χ4n) is 4.30. The third kappa shape index (κ3) is 12.2. The molecule has 48 heavy (non-hydrogen) atoms. The topological polar surface area (TPSA) is 157 Å². The van der Waals surface area contributed by atoms with Gasteiger partial charge < -0.3 is 24.8 Å². The van der Waals surface area contributed by atoms with E-state index in [1.165, 1.54) is 43.4 Å². The van der Waals surface area contributed by atoms with Crippen molar-refractivity contribution in [1.82, 2.24) is 10.2 Å². The predicted molar refractivity (Wildman–Crippen MR) is 187 cm³/mol. The first-order valence-corrected chi connectivity index (χ1v) is 15.2. The third-order valence-electron chi connectivity index (χ3n) is 6.84. The van der Waals surface area contributed by atoms with E-state index in [0.29, 0.717) is 17.2 Å². The molecule has 1 amide bonds. The van der Waals surface area contributed by atoms with Crippen molar-refractivity contribution in [3.63, 3.8) is 0 Å². The fraction of sp³-hybridized carbons (Fsp3) is 0.242. The maximum Gasteiger partial charge on any atom is 0.407 e. The van der Waals surface area contributed by atoms with Crippen LogP contribution in [0.4, 0.5) is 16.2 Å². The van der Waals surface area contributed by atoms with Crippen LogP contribution in [0.2, 0.25) is 10.0 Å². The molecule has 0 saturated carbocycles. The monoisotopic (exact) mass is 720 g/mol. The number of nitrogens with zero attached hydrogens (tertiary/aromatic N) is 3. The molecule has 0 saturated heterocycles. The number of nitro groups is 2. The van der Waals surface area contributed by atoms with Crippen LogP contribution in [0.3, 0.4) is 0 Å². The Morgan fingerprint density at radius 3 is 1.58 bits per heavy atom. The summed E-state index contributed by atoms with van der Waals surface area (Å²) >= 11 is 12.2. The molecule has 2 unspecified atom stereocenters. The number of carbonyl (C=O) groups is 1. The molecule has 0 radical (unpaired) electrons. The van der Waals surface area contributed by atoms with Crippen LogP contribution < -0.4 is 14.8 Å². The van der Waals surface area contributed by atoms with Gasteiger partial charge in [-0.05, 0) is 36.9 Å². The Morgan fingerprint density at radius 2 is 1.21 bits per heavy atom. The molecule has 256 valence electrons. The van der Waals surface area contributed by atoms with E-state index in [1.54, 1.807) is 0 Å². The molecular weight excluding hydrogens is 687 g/mol. The van der Waals surface area contributed by atoms with Gasteiger partial charge in [-0.3, -0.25) is 20.2 Å². The Bertz CT molecular complexity index is 1630. The number of non-ortho nitro benzene ring substituents is 2. The summed E-state index contributed by atoms with van der Waals surface area (Å²) in [6, 6.07) is 27.1. The lowest BCUT2D eigenvalue weighted by Crippen LogP contribution is -2.27. The van der Waals surface area contributed by atoms with Gasteiger partial charge in [0.05, 0.1) is 32.0 Å². The van der Waals surface area contributed by atoms with Gasteiger partial charge in [-0.15, -0.1) is 12.4 Å². The van der Waals surface area contributed by atoms with Crippen molar-refractivity contribution in [3.8, 4) is 11.5 Å². The summed E-state index contributed by atoms with van der Waals surface area (Å²) in [6.07, 6.45) is -0.679. The van der Waals surface area contributed by atoms with E-state index < -0.39 is 22.0 Å². The lowest BCUT2D eigenvalue weighted by molar-refractivity contribution is -0.385. The van der Waals surface area contributed by atoms with Gasteiger partial charge >= 0.3 is 6.09 Å². The summed E-state index contributed by atoms with van der Waals surface area (Å²) in [6.45, 7) is 0.994. The highest BCUT2D eigenvalue weighted by atomic mass is 35.5. The predicted octanol–water partition coefficient (Wildman–Crippen LogP) is 8.77. The average Bonchev–Trinajstić information content (AvgIpc) is 3.07. The number of nitrogens with one attached hydrogen (secondary N) is 1. The minimum absolute atomic E-state index is 0. The zero-order chi connectivity index (χ0) is 34.3. The number of benzene rings is 4. The van der Waals surface area contributed by atoms with Crippen LogP contribution in [0.5, 0.6) is 11.5 Å². The van der Waals surface area contributed by atoms with Crippen molar-refractivity contribution >= 4 is 53.1 Å². The van der Waals surface area contributed by atoms with Crippen LogP contribution in [0, 0.1) is 20.2 Å². The highest BCUT2D eigenvalue weighted by Crippen LogP contribution is 2.35. The van der Waals surface area contributed by atoms with Gasteiger partial charge in [0.1, 0.15) is 23.7 Å². The lowest BCUT2D eigenvalue weighted by Gasteiger charge is -2.22. The van der Waals surface area contributed by atoms with Gasteiger partial charge in [0.25, 0.3) is 11.4 Å². The number of ether oxygens (including phenoxy) is 2. The standard InChI is InChI=1S/C17H17ClN2O5.C16H17ClN2O3.ClH/c1-19(17(21)22)10-9-15(12-5-3-2-4-6-12)25-16-11-13(20(23)24)7-8-14(16)18;1-18-10-9-15(12-5-3-2-4-6-12)22-16-11-13(19(20)21)7-8-14(16)17;/h2-8,11,15H,9-10H2,1H3,(H,21,22);2-8,11,15,18H,9-10H2,1H3;1H. The number of nitro benzene ring substituents is 2. The van der Waals surface area contributed by atoms with Crippen molar-refractivity contribution in [2.45, 2.75) is 25.0 Å². The van der Waals surface area contributed by atoms with Crippen LogP contribution >= 0.6 is 35.6 Å². The molecule has 4 aromatic rings. The minimum Gasteiger partial charge on any atom is -0.484 e. The van der Waals surface area contributed by atoms with Crippen molar-refractivity contribution in [2.75, 3.05) is 27.2 Å². The Hall–Kier alpha value is -4.62. The van der Waals surface area contributed by atoms with E-state index in [-0.39, 0.29) is 47.2 Å². The van der Waals surface area contributed by atoms with E-state index >= 15 is 0 Å². The smallest absolute Gasteiger partial charge is 0.407 e. The average molecular weight is 722 g/mol. The summed E-state index contributed by atoms with van der Waals surface area (Å²) < 4.78 is 11.8. The van der Waals surface area contributed by atoms with Gasteiger partial charge in [0, 0.05) is 38.6 Å². The minimum atomic E-state index is -1.04. The molecule has 0 aliphatic carbocycles. The van der Waals surface area contributed by atoms with Crippen LogP contribution in [-0.4, -0.2) is 53.1 Å². The molecule has 0 bridgehead atoms. The number of amides is 1.